The molecule has 0 heterocycles. The van der Waals surface area contributed by atoms with Crippen molar-refractivity contribution in [1.82, 2.24) is 4.90 Å². The van der Waals surface area contributed by atoms with E-state index in [2.05, 4.69) is 10.8 Å². The summed E-state index contributed by atoms with van der Waals surface area (Å²) < 4.78 is 5.47. The van der Waals surface area contributed by atoms with E-state index in [1.54, 1.807) is 12.1 Å². The highest BCUT2D eigenvalue weighted by molar-refractivity contribution is 5.37. The average molecular weight is 318 g/mol. The molecule has 6 heteroatoms. The van der Waals surface area contributed by atoms with Gasteiger partial charge < -0.3 is 9.84 Å². The predicted octanol–water partition coefficient (Wildman–Crippen LogP) is 2.21. The lowest BCUT2D eigenvalue weighted by Gasteiger charge is -2.28. The molecule has 0 bridgehead atoms. The van der Waals surface area contributed by atoms with E-state index in [0.29, 0.717) is 24.9 Å². The Morgan fingerprint density at radius 3 is 2.87 bits per heavy atom. The van der Waals surface area contributed by atoms with Crippen LogP contribution in [0.15, 0.2) is 24.3 Å². The third kappa shape index (κ3) is 5.23. The van der Waals surface area contributed by atoms with Crippen LogP contribution in [0.5, 0.6) is 5.75 Å². The van der Waals surface area contributed by atoms with Crippen LogP contribution in [0.2, 0.25) is 0 Å². The molecule has 0 amide bonds. The summed E-state index contributed by atoms with van der Waals surface area (Å²) in [6.45, 7) is 1.04. The van der Waals surface area contributed by atoms with Crippen molar-refractivity contribution in [2.24, 2.45) is 0 Å². The first kappa shape index (κ1) is 17.3. The molecular formula is C17H22N2O4. The highest BCUT2D eigenvalue weighted by Gasteiger charge is 2.24. The highest BCUT2D eigenvalue weighted by Crippen LogP contribution is 2.23. The lowest BCUT2D eigenvalue weighted by molar-refractivity contribution is -0.384. The summed E-state index contributed by atoms with van der Waals surface area (Å²) >= 11 is 0. The van der Waals surface area contributed by atoms with E-state index in [9.17, 15) is 15.2 Å². The second-order valence-corrected chi connectivity index (χ2v) is 5.79. The Labute approximate surface area is 136 Å². The molecule has 2 rings (SSSR count). The van der Waals surface area contributed by atoms with E-state index in [1.807, 2.05) is 0 Å². The maximum absolute atomic E-state index is 10.7. The largest absolute Gasteiger partial charge is 0.491 e. The summed E-state index contributed by atoms with van der Waals surface area (Å²) in [5.74, 6) is 3.02. The molecule has 1 atom stereocenters. The Kier molecular flexibility index (Phi) is 6.39. The molecule has 1 N–H and O–H groups in total. The summed E-state index contributed by atoms with van der Waals surface area (Å²) in [5, 5.41) is 20.9. The standard InChI is InChI=1S/C17H22N2O4/c1-2-10-18(14-6-3-4-7-14)12-16(20)13-23-17-9-5-8-15(11-17)19(21)22/h1,5,8-9,11,14,16,20H,3-4,6-7,10,12-13H2. The number of hydrogen-bond donors (Lipinski definition) is 1. The number of aliphatic hydroxyl groups excluding tert-OH is 1. The Bertz CT molecular complexity index is 564. The zero-order valence-corrected chi connectivity index (χ0v) is 13.1. The molecule has 1 aromatic carbocycles. The van der Waals surface area contributed by atoms with Crippen molar-refractivity contribution in [1.29, 1.82) is 0 Å². The zero-order valence-electron chi connectivity index (χ0n) is 13.1. The fraction of sp³-hybridized carbons (Fsp3) is 0.529. The molecule has 1 saturated carbocycles. The van der Waals surface area contributed by atoms with Gasteiger partial charge >= 0.3 is 0 Å². The number of ether oxygens (including phenoxy) is 1. The molecule has 0 spiro atoms. The van der Waals surface area contributed by atoms with Crippen molar-refractivity contribution < 1.29 is 14.8 Å². The van der Waals surface area contributed by atoms with Gasteiger partial charge in [-0.25, -0.2) is 0 Å². The lowest BCUT2D eigenvalue weighted by atomic mass is 10.2. The van der Waals surface area contributed by atoms with E-state index in [1.165, 1.54) is 25.0 Å². The van der Waals surface area contributed by atoms with E-state index < -0.39 is 11.0 Å². The Morgan fingerprint density at radius 2 is 2.22 bits per heavy atom. The van der Waals surface area contributed by atoms with Crippen molar-refractivity contribution in [3.63, 3.8) is 0 Å². The Hall–Kier alpha value is -2.10. The Morgan fingerprint density at radius 1 is 1.48 bits per heavy atom. The molecule has 6 nitrogen and oxygen atoms in total. The first-order valence-corrected chi connectivity index (χ1v) is 7.83. The number of hydrogen-bond acceptors (Lipinski definition) is 5. The maximum Gasteiger partial charge on any atom is 0.273 e. The van der Waals surface area contributed by atoms with E-state index in [0.717, 1.165) is 12.8 Å². The van der Waals surface area contributed by atoms with Crippen LogP contribution in [0.4, 0.5) is 5.69 Å². The topological polar surface area (TPSA) is 75.8 Å². The molecule has 1 aromatic rings. The van der Waals surface area contributed by atoms with Gasteiger partial charge in [0.2, 0.25) is 0 Å². The van der Waals surface area contributed by atoms with Crippen LogP contribution in [0.3, 0.4) is 0 Å². The van der Waals surface area contributed by atoms with Gasteiger partial charge in [0.1, 0.15) is 18.5 Å². The van der Waals surface area contributed by atoms with Gasteiger partial charge in [-0.05, 0) is 18.9 Å². The molecule has 1 fully saturated rings. The van der Waals surface area contributed by atoms with Crippen molar-refractivity contribution in [3.05, 3.63) is 34.4 Å². The van der Waals surface area contributed by atoms with E-state index in [-0.39, 0.29) is 12.3 Å². The number of terminal acetylenes is 1. The number of aliphatic hydroxyl groups is 1. The quantitative estimate of drug-likeness (QED) is 0.452. The van der Waals surface area contributed by atoms with Crippen LogP contribution in [-0.2, 0) is 0 Å². The number of nitrogens with zero attached hydrogens (tertiary/aromatic N) is 2. The van der Waals surface area contributed by atoms with Gasteiger partial charge in [0.15, 0.2) is 0 Å². The second-order valence-electron chi connectivity index (χ2n) is 5.79. The fourth-order valence-corrected chi connectivity index (χ4v) is 2.93. The minimum absolute atomic E-state index is 0.0306. The fourth-order valence-electron chi connectivity index (χ4n) is 2.93. The number of nitro benzene ring substituents is 1. The minimum atomic E-state index is -0.691. The summed E-state index contributed by atoms with van der Waals surface area (Å²) in [5.41, 5.74) is -0.0306. The first-order valence-electron chi connectivity index (χ1n) is 7.83. The third-order valence-corrected chi connectivity index (χ3v) is 4.05. The van der Waals surface area contributed by atoms with Gasteiger partial charge in [0, 0.05) is 18.7 Å². The number of non-ortho nitro benzene ring substituents is 1. The van der Waals surface area contributed by atoms with Gasteiger partial charge in [0.05, 0.1) is 17.5 Å². The molecule has 0 aliphatic heterocycles. The number of nitro groups is 1. The molecule has 1 aliphatic rings. The zero-order chi connectivity index (χ0) is 16.7. The lowest BCUT2D eigenvalue weighted by Crippen LogP contribution is -2.41. The third-order valence-electron chi connectivity index (χ3n) is 4.05. The molecule has 1 aliphatic carbocycles. The van der Waals surface area contributed by atoms with Gasteiger partial charge in [-0.2, -0.15) is 0 Å². The summed E-state index contributed by atoms with van der Waals surface area (Å²) in [4.78, 5) is 12.4. The highest BCUT2D eigenvalue weighted by atomic mass is 16.6. The van der Waals surface area contributed by atoms with Crippen LogP contribution in [0.1, 0.15) is 25.7 Å². The number of rotatable bonds is 8. The monoisotopic (exact) mass is 318 g/mol. The van der Waals surface area contributed by atoms with Crippen molar-refractivity contribution >= 4 is 5.69 Å². The van der Waals surface area contributed by atoms with E-state index in [4.69, 9.17) is 11.2 Å². The van der Waals surface area contributed by atoms with Crippen molar-refractivity contribution in [2.75, 3.05) is 19.7 Å². The minimum Gasteiger partial charge on any atom is -0.491 e. The molecule has 124 valence electrons. The normalized spacial score (nSPS) is 16.2. The summed E-state index contributed by atoms with van der Waals surface area (Å²) in [7, 11) is 0. The van der Waals surface area contributed by atoms with Gasteiger partial charge in [-0.15, -0.1) is 6.42 Å². The van der Waals surface area contributed by atoms with Crippen LogP contribution in [-0.4, -0.2) is 46.8 Å². The average Bonchev–Trinajstić information content (AvgIpc) is 3.07. The van der Waals surface area contributed by atoms with Crippen molar-refractivity contribution in [2.45, 2.75) is 37.8 Å². The SMILES string of the molecule is C#CCN(CC(O)COc1cccc([N+](=O)[O-])c1)C1CCCC1. The molecule has 23 heavy (non-hydrogen) atoms. The van der Waals surface area contributed by atoms with Crippen LogP contribution < -0.4 is 4.74 Å². The maximum atomic E-state index is 10.7. The molecular weight excluding hydrogens is 296 g/mol. The van der Waals surface area contributed by atoms with Crippen LogP contribution in [0.25, 0.3) is 0 Å². The molecule has 0 aromatic heterocycles. The first-order chi connectivity index (χ1) is 11.1. The molecule has 1 unspecified atom stereocenters. The number of benzene rings is 1. The molecule has 0 radical (unpaired) electrons. The second kappa shape index (κ2) is 8.51. The smallest absolute Gasteiger partial charge is 0.273 e. The van der Waals surface area contributed by atoms with Crippen LogP contribution >= 0.6 is 0 Å². The summed E-state index contributed by atoms with van der Waals surface area (Å²) in [6, 6.07) is 6.37. The predicted molar refractivity (Wildman–Crippen MR) is 87.3 cm³/mol. The van der Waals surface area contributed by atoms with E-state index >= 15 is 0 Å². The van der Waals surface area contributed by atoms with Crippen molar-refractivity contribution in [3.8, 4) is 18.1 Å². The van der Waals surface area contributed by atoms with Gasteiger partial charge in [0.25, 0.3) is 5.69 Å². The van der Waals surface area contributed by atoms with Gasteiger partial charge in [-0.1, -0.05) is 24.8 Å². The van der Waals surface area contributed by atoms with Gasteiger partial charge in [-0.3, -0.25) is 15.0 Å². The van der Waals surface area contributed by atoms with Crippen LogP contribution in [0, 0.1) is 22.5 Å². The Balaban J connectivity index is 1.85. The summed E-state index contributed by atoms with van der Waals surface area (Å²) in [6.07, 6.45) is 9.35. The molecule has 0 saturated heterocycles.